The number of thiophene rings is 1. The first-order valence-corrected chi connectivity index (χ1v) is 9.99. The molecule has 0 bridgehead atoms. The standard InChI is InChI=1S/C20H33NO2S/c1-15(2)20(10-12-23-19(5,6)14-20)9-11-21(17(4)22)16(3)18-8-7-13-24-18/h7-8,13,15-16H,9-12,14H2,1-6H3/t16-,20-/m0/s1. The van der Waals surface area contributed by atoms with Crippen LogP contribution in [0, 0.1) is 11.3 Å². The van der Waals surface area contributed by atoms with E-state index in [1.165, 1.54) is 4.88 Å². The highest BCUT2D eigenvalue weighted by atomic mass is 32.1. The van der Waals surface area contributed by atoms with E-state index in [0.717, 1.165) is 32.4 Å². The van der Waals surface area contributed by atoms with E-state index in [-0.39, 0.29) is 23.0 Å². The summed E-state index contributed by atoms with van der Waals surface area (Å²) in [6.45, 7) is 14.5. The number of hydrogen-bond donors (Lipinski definition) is 0. The molecule has 2 atom stereocenters. The second-order valence-electron chi connectivity index (χ2n) is 8.21. The fraction of sp³-hybridized carbons (Fsp3) is 0.750. The molecule has 0 aliphatic carbocycles. The molecule has 0 aromatic carbocycles. The third kappa shape index (κ3) is 4.40. The maximum Gasteiger partial charge on any atom is 0.219 e. The van der Waals surface area contributed by atoms with Crippen LogP contribution in [0.4, 0.5) is 0 Å². The van der Waals surface area contributed by atoms with Crippen LogP contribution in [0.3, 0.4) is 0 Å². The van der Waals surface area contributed by atoms with Gasteiger partial charge in [-0.3, -0.25) is 4.79 Å². The predicted molar refractivity (Wildman–Crippen MR) is 101 cm³/mol. The molecule has 1 aromatic heterocycles. The molecule has 2 rings (SSSR count). The molecule has 1 saturated heterocycles. The number of ether oxygens (including phenoxy) is 1. The van der Waals surface area contributed by atoms with E-state index >= 15 is 0 Å². The number of carbonyl (C=O) groups is 1. The minimum atomic E-state index is -0.0665. The summed E-state index contributed by atoms with van der Waals surface area (Å²) in [5.41, 5.74) is 0.188. The topological polar surface area (TPSA) is 29.5 Å². The smallest absolute Gasteiger partial charge is 0.219 e. The molecular weight excluding hydrogens is 318 g/mol. The lowest BCUT2D eigenvalue weighted by Crippen LogP contribution is -2.46. The van der Waals surface area contributed by atoms with Gasteiger partial charge in [-0.2, -0.15) is 0 Å². The van der Waals surface area contributed by atoms with Crippen LogP contribution < -0.4 is 0 Å². The molecule has 3 nitrogen and oxygen atoms in total. The molecule has 1 aliphatic rings. The molecule has 1 fully saturated rings. The molecule has 2 heterocycles. The van der Waals surface area contributed by atoms with Crippen molar-refractivity contribution < 1.29 is 9.53 Å². The minimum absolute atomic E-state index is 0.0665. The van der Waals surface area contributed by atoms with Crippen LogP contribution in [0.2, 0.25) is 0 Å². The van der Waals surface area contributed by atoms with Gasteiger partial charge in [0.1, 0.15) is 0 Å². The molecule has 0 radical (unpaired) electrons. The van der Waals surface area contributed by atoms with Crippen molar-refractivity contribution in [1.29, 1.82) is 0 Å². The number of amides is 1. The Kier molecular flexibility index (Phi) is 6.14. The van der Waals surface area contributed by atoms with Gasteiger partial charge < -0.3 is 9.64 Å². The van der Waals surface area contributed by atoms with Crippen LogP contribution in [0.5, 0.6) is 0 Å². The normalized spacial score (nSPS) is 24.8. The molecule has 4 heteroatoms. The lowest BCUT2D eigenvalue weighted by atomic mass is 9.65. The quantitative estimate of drug-likeness (QED) is 0.698. The maximum atomic E-state index is 12.3. The van der Waals surface area contributed by atoms with Gasteiger partial charge in [0, 0.05) is 25.0 Å². The molecule has 1 amide bonds. The Labute approximate surface area is 151 Å². The van der Waals surface area contributed by atoms with Crippen molar-refractivity contribution in [3.63, 3.8) is 0 Å². The van der Waals surface area contributed by atoms with E-state index in [4.69, 9.17) is 4.74 Å². The molecule has 0 N–H and O–H groups in total. The first-order chi connectivity index (χ1) is 11.2. The highest BCUT2D eigenvalue weighted by molar-refractivity contribution is 7.10. The summed E-state index contributed by atoms with van der Waals surface area (Å²) in [6.07, 6.45) is 3.21. The van der Waals surface area contributed by atoms with Crippen molar-refractivity contribution in [2.75, 3.05) is 13.2 Å². The summed E-state index contributed by atoms with van der Waals surface area (Å²) < 4.78 is 5.95. The van der Waals surface area contributed by atoms with Crippen molar-refractivity contribution in [3.05, 3.63) is 22.4 Å². The third-order valence-electron chi connectivity index (χ3n) is 5.77. The van der Waals surface area contributed by atoms with E-state index in [2.05, 4.69) is 52.1 Å². The highest BCUT2D eigenvalue weighted by Gasteiger charge is 2.43. The first-order valence-electron chi connectivity index (χ1n) is 9.11. The zero-order valence-electron chi connectivity index (χ0n) is 16.1. The molecule has 136 valence electrons. The van der Waals surface area contributed by atoms with Crippen molar-refractivity contribution >= 4 is 17.2 Å². The summed E-state index contributed by atoms with van der Waals surface area (Å²) in [5.74, 6) is 0.757. The third-order valence-corrected chi connectivity index (χ3v) is 6.82. The second-order valence-corrected chi connectivity index (χ2v) is 9.19. The van der Waals surface area contributed by atoms with Crippen LogP contribution in [0.1, 0.15) is 71.7 Å². The highest BCUT2D eigenvalue weighted by Crippen LogP contribution is 2.47. The molecule has 0 unspecified atom stereocenters. The van der Waals surface area contributed by atoms with Gasteiger partial charge in [-0.1, -0.05) is 19.9 Å². The van der Waals surface area contributed by atoms with Gasteiger partial charge in [-0.05, 0) is 62.8 Å². The molecule has 0 spiro atoms. The number of carbonyl (C=O) groups excluding carboxylic acids is 1. The van der Waals surface area contributed by atoms with Gasteiger partial charge in [0.2, 0.25) is 5.91 Å². The minimum Gasteiger partial charge on any atom is -0.376 e. The Balaban J connectivity index is 2.12. The van der Waals surface area contributed by atoms with Crippen LogP contribution >= 0.6 is 11.3 Å². The van der Waals surface area contributed by atoms with Crippen molar-refractivity contribution in [2.45, 2.75) is 72.4 Å². The zero-order chi connectivity index (χ0) is 18.0. The first kappa shape index (κ1) is 19.5. The van der Waals surface area contributed by atoms with E-state index < -0.39 is 0 Å². The molecule has 24 heavy (non-hydrogen) atoms. The van der Waals surface area contributed by atoms with Crippen LogP contribution in [-0.2, 0) is 9.53 Å². The summed E-state index contributed by atoms with van der Waals surface area (Å²) in [5, 5.41) is 2.08. The van der Waals surface area contributed by atoms with E-state index in [1.807, 2.05) is 4.90 Å². The van der Waals surface area contributed by atoms with Crippen LogP contribution in [0.25, 0.3) is 0 Å². The van der Waals surface area contributed by atoms with Crippen LogP contribution in [0.15, 0.2) is 17.5 Å². The summed E-state index contributed by atoms with van der Waals surface area (Å²) >= 11 is 1.73. The zero-order valence-corrected chi connectivity index (χ0v) is 16.9. The Bertz CT molecular complexity index is 538. The Morgan fingerprint density at radius 2 is 2.08 bits per heavy atom. The van der Waals surface area contributed by atoms with Gasteiger partial charge >= 0.3 is 0 Å². The van der Waals surface area contributed by atoms with Gasteiger partial charge in [-0.25, -0.2) is 0 Å². The maximum absolute atomic E-state index is 12.3. The monoisotopic (exact) mass is 351 g/mol. The Morgan fingerprint density at radius 1 is 1.38 bits per heavy atom. The Morgan fingerprint density at radius 3 is 2.58 bits per heavy atom. The largest absolute Gasteiger partial charge is 0.376 e. The van der Waals surface area contributed by atoms with Crippen molar-refractivity contribution in [2.24, 2.45) is 11.3 Å². The van der Waals surface area contributed by atoms with Gasteiger partial charge in [0.05, 0.1) is 11.6 Å². The summed E-state index contributed by atoms with van der Waals surface area (Å²) in [6, 6.07) is 4.34. The van der Waals surface area contributed by atoms with Crippen molar-refractivity contribution in [1.82, 2.24) is 4.90 Å². The number of nitrogens with zero attached hydrogens (tertiary/aromatic N) is 1. The lowest BCUT2D eigenvalue weighted by Gasteiger charge is -2.48. The van der Waals surface area contributed by atoms with Crippen molar-refractivity contribution in [3.8, 4) is 0 Å². The average molecular weight is 352 g/mol. The molecule has 1 aromatic rings. The van der Waals surface area contributed by atoms with Crippen LogP contribution in [-0.4, -0.2) is 29.6 Å². The van der Waals surface area contributed by atoms with E-state index in [1.54, 1.807) is 18.3 Å². The fourth-order valence-corrected chi connectivity index (χ4v) is 4.96. The molecule has 0 saturated carbocycles. The number of rotatable bonds is 6. The van der Waals surface area contributed by atoms with Gasteiger partial charge in [-0.15, -0.1) is 11.3 Å². The fourth-order valence-electron chi connectivity index (χ4n) is 4.16. The summed E-state index contributed by atoms with van der Waals surface area (Å²) in [4.78, 5) is 15.6. The molecular formula is C20H33NO2S. The summed E-state index contributed by atoms with van der Waals surface area (Å²) in [7, 11) is 0. The van der Waals surface area contributed by atoms with Gasteiger partial charge in [0.25, 0.3) is 0 Å². The van der Waals surface area contributed by atoms with Gasteiger partial charge in [0.15, 0.2) is 0 Å². The van der Waals surface area contributed by atoms with E-state index in [0.29, 0.717) is 5.92 Å². The SMILES string of the molecule is CC(=O)N(CC[C@]1(C(C)C)CCOC(C)(C)C1)[C@@H](C)c1cccs1. The second kappa shape index (κ2) is 7.57. The average Bonchev–Trinajstić information content (AvgIpc) is 2.99. The Hall–Kier alpha value is -0.870. The predicted octanol–water partition coefficient (Wildman–Crippen LogP) is 5.28. The molecule has 1 aliphatic heterocycles. The lowest BCUT2D eigenvalue weighted by molar-refractivity contribution is -0.135. The van der Waals surface area contributed by atoms with E-state index in [9.17, 15) is 4.79 Å². The number of hydrogen-bond acceptors (Lipinski definition) is 3.